The van der Waals surface area contributed by atoms with Crippen molar-refractivity contribution < 1.29 is 9.53 Å². The predicted octanol–water partition coefficient (Wildman–Crippen LogP) is 1.13. The topological polar surface area (TPSA) is 26.3 Å². The summed E-state index contributed by atoms with van der Waals surface area (Å²) in [6, 6.07) is 0. The van der Waals surface area contributed by atoms with Crippen molar-refractivity contribution >= 4 is 24.8 Å². The van der Waals surface area contributed by atoms with Crippen LogP contribution in [0.1, 0.15) is 19.8 Å². The molecule has 10 heavy (non-hydrogen) atoms. The second-order valence-electron chi connectivity index (χ2n) is 1.73. The molecule has 0 saturated carbocycles. The first-order valence-electron chi connectivity index (χ1n) is 3.10. The Kier molecular flexibility index (Phi) is 11.0. The van der Waals surface area contributed by atoms with Crippen LogP contribution >= 0.6 is 0 Å². The summed E-state index contributed by atoms with van der Waals surface area (Å²) >= 11 is 0. The molecule has 0 aromatic carbocycles. The number of unbranched alkanes of at least 4 members (excludes halogenated alkanes) is 1. The molecule has 0 saturated heterocycles. The normalized spacial score (nSPS) is 7.70. The summed E-state index contributed by atoms with van der Waals surface area (Å²) < 4.78 is 4.67. The Hall–Kier alpha value is -0.193. The summed E-state index contributed by atoms with van der Waals surface area (Å²) in [5.74, 6) is -0.330. The Morgan fingerprint density at radius 1 is 1.70 bits per heavy atom. The van der Waals surface area contributed by atoms with Gasteiger partial charge in [0, 0.05) is 24.9 Å². The fourth-order valence-electron chi connectivity index (χ4n) is 0.376. The second kappa shape index (κ2) is 8.81. The molecule has 1 radical (unpaired) electrons. The van der Waals surface area contributed by atoms with Crippen molar-refractivity contribution in [3.05, 3.63) is 12.7 Å². The van der Waals surface area contributed by atoms with Crippen molar-refractivity contribution in [1.29, 1.82) is 0 Å². The van der Waals surface area contributed by atoms with Crippen LogP contribution < -0.4 is 0 Å². The molecule has 0 aromatic rings. The summed E-state index contributed by atoms with van der Waals surface area (Å²) in [5, 5.41) is 0. The minimum atomic E-state index is -0.330. The van der Waals surface area contributed by atoms with Crippen molar-refractivity contribution in [1.82, 2.24) is 0 Å². The maximum Gasteiger partial charge on any atom is 0.330 e. The summed E-state index contributed by atoms with van der Waals surface area (Å²) in [6.45, 7) is 5.82. The second-order valence-corrected chi connectivity index (χ2v) is 1.73. The number of hydrogen-bond acceptors (Lipinski definition) is 2. The van der Waals surface area contributed by atoms with Crippen LogP contribution in [0.3, 0.4) is 0 Å². The number of ether oxygens (including phenoxy) is 1. The molecule has 0 amide bonds. The molecular formula is C7H12LiO2. The van der Waals surface area contributed by atoms with Gasteiger partial charge in [0.05, 0.1) is 6.61 Å². The molecule has 0 aliphatic rings. The van der Waals surface area contributed by atoms with Crippen LogP contribution in [0.15, 0.2) is 12.7 Å². The van der Waals surface area contributed by atoms with Crippen LogP contribution in [-0.2, 0) is 9.53 Å². The molecule has 0 aromatic heterocycles. The van der Waals surface area contributed by atoms with E-state index in [-0.39, 0.29) is 24.8 Å². The molecule has 0 heterocycles. The van der Waals surface area contributed by atoms with Gasteiger partial charge in [-0.1, -0.05) is 19.9 Å². The minimum absolute atomic E-state index is 0. The molecule has 0 bridgehead atoms. The molecular weight excluding hydrogens is 123 g/mol. The Labute approximate surface area is 73.8 Å². The number of carbonyl (C=O) groups is 1. The largest absolute Gasteiger partial charge is 0.463 e. The maximum atomic E-state index is 10.3. The average Bonchev–Trinajstić information content (AvgIpc) is 1.89. The monoisotopic (exact) mass is 135 g/mol. The molecule has 53 valence electrons. The molecule has 0 aliphatic carbocycles. The van der Waals surface area contributed by atoms with Gasteiger partial charge in [-0.2, -0.15) is 0 Å². The van der Waals surface area contributed by atoms with Crippen LogP contribution in [0.4, 0.5) is 0 Å². The first kappa shape index (κ1) is 12.5. The Bertz CT molecular complexity index is 102. The third-order valence-corrected chi connectivity index (χ3v) is 0.909. The van der Waals surface area contributed by atoms with E-state index in [4.69, 9.17) is 0 Å². The molecule has 0 unspecified atom stereocenters. The van der Waals surface area contributed by atoms with Gasteiger partial charge in [0.15, 0.2) is 0 Å². The molecule has 0 rings (SSSR count). The van der Waals surface area contributed by atoms with E-state index in [2.05, 4.69) is 11.3 Å². The molecule has 0 spiro atoms. The molecule has 3 heteroatoms. The van der Waals surface area contributed by atoms with Crippen LogP contribution in [0, 0.1) is 0 Å². The number of hydrogen-bond donors (Lipinski definition) is 0. The van der Waals surface area contributed by atoms with Gasteiger partial charge in [-0.15, -0.1) is 0 Å². The van der Waals surface area contributed by atoms with Gasteiger partial charge in [-0.05, 0) is 6.42 Å². The van der Waals surface area contributed by atoms with Crippen molar-refractivity contribution in [2.24, 2.45) is 0 Å². The number of esters is 1. The number of carbonyl (C=O) groups excluding carboxylic acids is 1. The molecule has 0 atom stereocenters. The Morgan fingerprint density at radius 2 is 2.30 bits per heavy atom. The molecule has 0 aliphatic heterocycles. The number of rotatable bonds is 4. The van der Waals surface area contributed by atoms with Gasteiger partial charge < -0.3 is 4.74 Å². The van der Waals surface area contributed by atoms with Gasteiger partial charge in [0.1, 0.15) is 0 Å². The summed E-state index contributed by atoms with van der Waals surface area (Å²) in [7, 11) is 0. The zero-order chi connectivity index (χ0) is 7.11. The predicted molar refractivity (Wildman–Crippen MR) is 41.8 cm³/mol. The smallest absolute Gasteiger partial charge is 0.330 e. The molecule has 2 nitrogen and oxygen atoms in total. The van der Waals surface area contributed by atoms with Crippen LogP contribution in [0.5, 0.6) is 0 Å². The van der Waals surface area contributed by atoms with Crippen molar-refractivity contribution in [3.63, 3.8) is 0 Å². The maximum absolute atomic E-state index is 10.3. The van der Waals surface area contributed by atoms with E-state index >= 15 is 0 Å². The van der Waals surface area contributed by atoms with Gasteiger partial charge >= 0.3 is 5.97 Å². The average molecular weight is 135 g/mol. The summed E-state index contributed by atoms with van der Waals surface area (Å²) in [4.78, 5) is 10.3. The minimum Gasteiger partial charge on any atom is -0.463 e. The van der Waals surface area contributed by atoms with Crippen molar-refractivity contribution in [2.45, 2.75) is 19.8 Å². The van der Waals surface area contributed by atoms with Crippen molar-refractivity contribution in [2.75, 3.05) is 6.61 Å². The van der Waals surface area contributed by atoms with Gasteiger partial charge in [-0.3, -0.25) is 0 Å². The van der Waals surface area contributed by atoms with Gasteiger partial charge in [-0.25, -0.2) is 4.79 Å². The standard InChI is InChI=1S/C7H12O2.Li/c1-3-5-6-9-7(8)4-2;/h4H,2-3,5-6H2,1H3;. The fraction of sp³-hybridized carbons (Fsp3) is 0.571. The van der Waals surface area contributed by atoms with E-state index in [1.807, 2.05) is 6.92 Å². The Balaban J connectivity index is 0. The first-order valence-corrected chi connectivity index (χ1v) is 3.10. The molecule has 0 fully saturated rings. The third-order valence-electron chi connectivity index (χ3n) is 0.909. The van der Waals surface area contributed by atoms with E-state index < -0.39 is 0 Å². The summed E-state index contributed by atoms with van der Waals surface area (Å²) in [5.41, 5.74) is 0. The van der Waals surface area contributed by atoms with Crippen LogP contribution in [0.25, 0.3) is 0 Å². The van der Waals surface area contributed by atoms with Crippen LogP contribution in [0.2, 0.25) is 0 Å². The first-order chi connectivity index (χ1) is 4.31. The summed E-state index contributed by atoms with van der Waals surface area (Å²) in [6.07, 6.45) is 3.15. The van der Waals surface area contributed by atoms with E-state index in [1.165, 1.54) is 6.08 Å². The van der Waals surface area contributed by atoms with E-state index in [0.29, 0.717) is 6.61 Å². The Morgan fingerprint density at radius 3 is 2.70 bits per heavy atom. The van der Waals surface area contributed by atoms with Gasteiger partial charge in [0.25, 0.3) is 0 Å². The SMILES string of the molecule is C=CC(=O)OCCCC.[Li]. The van der Waals surface area contributed by atoms with E-state index in [0.717, 1.165) is 12.8 Å². The zero-order valence-corrected chi connectivity index (χ0v) is 6.72. The van der Waals surface area contributed by atoms with Gasteiger partial charge in [0.2, 0.25) is 0 Å². The third kappa shape index (κ3) is 7.81. The van der Waals surface area contributed by atoms with Crippen molar-refractivity contribution in [3.8, 4) is 0 Å². The quantitative estimate of drug-likeness (QED) is 0.250. The fourth-order valence-corrected chi connectivity index (χ4v) is 0.376. The van der Waals surface area contributed by atoms with E-state index in [1.54, 1.807) is 0 Å². The van der Waals surface area contributed by atoms with E-state index in [9.17, 15) is 4.79 Å². The van der Waals surface area contributed by atoms with Crippen LogP contribution in [-0.4, -0.2) is 31.4 Å². The molecule has 0 N–H and O–H groups in total. The zero-order valence-electron chi connectivity index (χ0n) is 6.72.